The Hall–Kier alpha value is -1.59. The molecule has 1 aliphatic rings. The van der Waals surface area contributed by atoms with Crippen LogP contribution < -0.4 is 4.74 Å². The predicted molar refractivity (Wildman–Crippen MR) is 74.4 cm³/mol. The van der Waals surface area contributed by atoms with Crippen LogP contribution >= 0.6 is 11.6 Å². The van der Waals surface area contributed by atoms with Crippen molar-refractivity contribution in [3.63, 3.8) is 0 Å². The molecule has 0 unspecified atom stereocenters. The maximum Gasteiger partial charge on any atom is 0.124 e. The second-order valence-corrected chi connectivity index (χ2v) is 5.38. The number of H-pyrrole nitrogens is 1. The van der Waals surface area contributed by atoms with Gasteiger partial charge in [-0.15, -0.1) is 0 Å². The predicted octanol–water partition coefficient (Wildman–Crippen LogP) is 2.77. The molecule has 20 heavy (non-hydrogen) atoms. The summed E-state index contributed by atoms with van der Waals surface area (Å²) in [4.78, 5) is 2.20. The van der Waals surface area contributed by atoms with Crippen LogP contribution in [0.4, 0.5) is 4.39 Å². The van der Waals surface area contributed by atoms with Gasteiger partial charge in [0.15, 0.2) is 0 Å². The van der Waals surface area contributed by atoms with E-state index in [9.17, 15) is 4.39 Å². The van der Waals surface area contributed by atoms with E-state index in [-0.39, 0.29) is 11.9 Å². The lowest BCUT2D eigenvalue weighted by Crippen LogP contribution is -2.53. The topological polar surface area (TPSA) is 41.2 Å². The molecule has 4 nitrogen and oxygen atoms in total. The fourth-order valence-corrected chi connectivity index (χ4v) is 2.36. The van der Waals surface area contributed by atoms with E-state index in [0.717, 1.165) is 24.5 Å². The van der Waals surface area contributed by atoms with Crippen LogP contribution in [0.25, 0.3) is 0 Å². The van der Waals surface area contributed by atoms with Gasteiger partial charge in [-0.25, -0.2) is 4.39 Å². The van der Waals surface area contributed by atoms with E-state index >= 15 is 0 Å². The van der Waals surface area contributed by atoms with Crippen molar-refractivity contribution in [3.05, 3.63) is 46.5 Å². The van der Waals surface area contributed by atoms with Gasteiger partial charge < -0.3 is 4.74 Å². The van der Waals surface area contributed by atoms with E-state index < -0.39 is 0 Å². The molecule has 0 atom stereocenters. The summed E-state index contributed by atoms with van der Waals surface area (Å²) < 4.78 is 18.5. The standard InChI is InChI=1S/C14H15ClFN3O/c1-9-14(15)13(18-17-9)8-19-6-12(7-19)20-11-4-2-10(16)3-5-11/h2-5,12H,6-8H2,1H3,(H,17,18). The van der Waals surface area contributed by atoms with E-state index in [1.54, 1.807) is 12.1 Å². The normalized spacial score (nSPS) is 16.1. The molecule has 3 rings (SSSR count). The fraction of sp³-hybridized carbons (Fsp3) is 0.357. The second kappa shape index (κ2) is 5.42. The number of hydrogen-bond acceptors (Lipinski definition) is 3. The van der Waals surface area contributed by atoms with Gasteiger partial charge in [0.05, 0.1) is 16.4 Å². The number of ether oxygens (including phenoxy) is 1. The minimum atomic E-state index is -0.254. The monoisotopic (exact) mass is 295 g/mol. The van der Waals surface area contributed by atoms with Crippen molar-refractivity contribution in [2.24, 2.45) is 0 Å². The highest BCUT2D eigenvalue weighted by Gasteiger charge is 2.29. The number of hydrogen-bond donors (Lipinski definition) is 1. The summed E-state index contributed by atoms with van der Waals surface area (Å²) in [5, 5.41) is 7.75. The Morgan fingerprint density at radius 2 is 2.10 bits per heavy atom. The van der Waals surface area contributed by atoms with Crippen LogP contribution in [0.1, 0.15) is 11.4 Å². The van der Waals surface area contributed by atoms with E-state index in [4.69, 9.17) is 16.3 Å². The van der Waals surface area contributed by atoms with Crippen molar-refractivity contribution in [2.45, 2.75) is 19.6 Å². The van der Waals surface area contributed by atoms with Crippen molar-refractivity contribution in [2.75, 3.05) is 13.1 Å². The Morgan fingerprint density at radius 3 is 2.70 bits per heavy atom. The highest BCUT2D eigenvalue weighted by Crippen LogP contribution is 2.23. The zero-order chi connectivity index (χ0) is 14.1. The van der Waals surface area contributed by atoms with Crippen LogP contribution in [0.2, 0.25) is 5.02 Å². The zero-order valence-electron chi connectivity index (χ0n) is 11.1. The summed E-state index contributed by atoms with van der Waals surface area (Å²) in [6, 6.07) is 6.09. The van der Waals surface area contributed by atoms with Gasteiger partial charge in [0.2, 0.25) is 0 Å². The highest BCUT2D eigenvalue weighted by atomic mass is 35.5. The van der Waals surface area contributed by atoms with E-state index in [1.807, 2.05) is 6.92 Å². The van der Waals surface area contributed by atoms with Gasteiger partial charge in [-0.05, 0) is 31.2 Å². The van der Waals surface area contributed by atoms with Crippen molar-refractivity contribution in [3.8, 4) is 5.75 Å². The van der Waals surface area contributed by atoms with Gasteiger partial charge >= 0.3 is 0 Å². The molecular formula is C14H15ClFN3O. The van der Waals surface area contributed by atoms with Gasteiger partial charge in [-0.2, -0.15) is 5.10 Å². The summed E-state index contributed by atoms with van der Waals surface area (Å²) in [5.74, 6) is 0.445. The summed E-state index contributed by atoms with van der Waals surface area (Å²) in [6.45, 7) is 4.25. The number of rotatable bonds is 4. The molecule has 1 N–H and O–H groups in total. The SMILES string of the molecule is Cc1[nH]nc(CN2CC(Oc3ccc(F)cc3)C2)c1Cl. The van der Waals surface area contributed by atoms with Gasteiger partial charge in [-0.1, -0.05) is 11.6 Å². The lowest BCUT2D eigenvalue weighted by atomic mass is 10.1. The molecule has 1 fully saturated rings. The van der Waals surface area contributed by atoms with E-state index in [0.29, 0.717) is 17.3 Å². The lowest BCUT2D eigenvalue weighted by Gasteiger charge is -2.38. The third kappa shape index (κ3) is 2.78. The van der Waals surface area contributed by atoms with Crippen molar-refractivity contribution >= 4 is 11.6 Å². The number of aromatic amines is 1. The van der Waals surface area contributed by atoms with Gasteiger partial charge in [0.1, 0.15) is 17.7 Å². The van der Waals surface area contributed by atoms with Crippen LogP contribution in [0.15, 0.2) is 24.3 Å². The molecular weight excluding hydrogens is 281 g/mol. The largest absolute Gasteiger partial charge is 0.488 e. The molecule has 2 aromatic rings. The Balaban J connectivity index is 1.49. The Morgan fingerprint density at radius 1 is 1.40 bits per heavy atom. The van der Waals surface area contributed by atoms with Gasteiger partial charge in [-0.3, -0.25) is 10.00 Å². The molecule has 0 spiro atoms. The smallest absolute Gasteiger partial charge is 0.124 e. The summed E-state index contributed by atoms with van der Waals surface area (Å²) in [6.07, 6.45) is 0.138. The highest BCUT2D eigenvalue weighted by molar-refractivity contribution is 6.31. The van der Waals surface area contributed by atoms with Crippen LogP contribution in [0.3, 0.4) is 0 Å². The molecule has 0 bridgehead atoms. The molecule has 106 valence electrons. The van der Waals surface area contributed by atoms with Gasteiger partial charge in [0.25, 0.3) is 0 Å². The molecule has 6 heteroatoms. The van der Waals surface area contributed by atoms with E-state index in [2.05, 4.69) is 15.1 Å². The maximum absolute atomic E-state index is 12.8. The van der Waals surface area contributed by atoms with Crippen LogP contribution in [0.5, 0.6) is 5.75 Å². The Labute approximate surface area is 121 Å². The number of likely N-dealkylation sites (tertiary alicyclic amines) is 1. The first kappa shape index (κ1) is 13.4. The Kier molecular flexibility index (Phi) is 3.63. The van der Waals surface area contributed by atoms with Crippen molar-refractivity contribution < 1.29 is 9.13 Å². The number of nitrogens with one attached hydrogen (secondary N) is 1. The van der Waals surface area contributed by atoms with E-state index in [1.165, 1.54) is 12.1 Å². The average Bonchev–Trinajstić information content (AvgIpc) is 2.70. The van der Waals surface area contributed by atoms with Crippen LogP contribution in [0, 0.1) is 12.7 Å². The molecule has 0 saturated carbocycles. The van der Waals surface area contributed by atoms with Crippen molar-refractivity contribution in [1.82, 2.24) is 15.1 Å². The molecule has 1 aliphatic heterocycles. The first-order chi connectivity index (χ1) is 9.61. The minimum Gasteiger partial charge on any atom is -0.488 e. The maximum atomic E-state index is 12.8. The molecule has 2 heterocycles. The molecule has 1 aromatic heterocycles. The molecule has 0 amide bonds. The summed E-state index contributed by atoms with van der Waals surface area (Å²) >= 11 is 6.13. The fourth-order valence-electron chi connectivity index (χ4n) is 2.21. The number of halogens is 2. The first-order valence-corrected chi connectivity index (χ1v) is 6.83. The summed E-state index contributed by atoms with van der Waals surface area (Å²) in [5.41, 5.74) is 1.76. The third-order valence-electron chi connectivity index (χ3n) is 3.35. The average molecular weight is 296 g/mol. The third-order valence-corrected chi connectivity index (χ3v) is 3.86. The minimum absolute atomic E-state index is 0.138. The van der Waals surface area contributed by atoms with Crippen molar-refractivity contribution in [1.29, 1.82) is 0 Å². The Bertz CT molecular complexity index is 593. The second-order valence-electron chi connectivity index (χ2n) is 5.00. The molecule has 0 aliphatic carbocycles. The quantitative estimate of drug-likeness (QED) is 0.943. The number of nitrogens with zero attached hydrogens (tertiary/aromatic N) is 2. The summed E-state index contributed by atoms with van der Waals surface area (Å²) in [7, 11) is 0. The number of benzene rings is 1. The van der Waals surface area contributed by atoms with Crippen LogP contribution in [-0.4, -0.2) is 34.3 Å². The molecule has 1 saturated heterocycles. The zero-order valence-corrected chi connectivity index (χ0v) is 11.8. The van der Waals surface area contributed by atoms with Crippen LogP contribution in [-0.2, 0) is 6.54 Å². The number of aromatic nitrogens is 2. The lowest BCUT2D eigenvalue weighted by molar-refractivity contribution is 0.0138. The van der Waals surface area contributed by atoms with Gasteiger partial charge in [0, 0.05) is 19.6 Å². The number of aryl methyl sites for hydroxylation is 1. The molecule has 0 radical (unpaired) electrons. The molecule has 1 aromatic carbocycles. The first-order valence-electron chi connectivity index (χ1n) is 6.46.